The fraction of sp³-hybridized carbons (Fsp3) is 0.389. The second kappa shape index (κ2) is 7.40. The molecule has 1 aromatic rings. The molecule has 0 aromatic heterocycles. The summed E-state index contributed by atoms with van der Waals surface area (Å²) in [6.07, 6.45) is -0.704. The van der Waals surface area contributed by atoms with Gasteiger partial charge in [0.15, 0.2) is 0 Å². The van der Waals surface area contributed by atoms with Gasteiger partial charge in [-0.05, 0) is 32.4 Å². The average Bonchev–Trinajstić information content (AvgIpc) is 2.51. The van der Waals surface area contributed by atoms with Gasteiger partial charge in [0.2, 0.25) is 0 Å². The van der Waals surface area contributed by atoms with Crippen molar-refractivity contribution in [3.8, 4) is 0 Å². The molecule has 5 heteroatoms. The van der Waals surface area contributed by atoms with Crippen molar-refractivity contribution in [1.82, 2.24) is 4.90 Å². The van der Waals surface area contributed by atoms with Crippen molar-refractivity contribution in [1.29, 1.82) is 0 Å². The summed E-state index contributed by atoms with van der Waals surface area (Å²) in [4.78, 5) is 14.0. The lowest BCUT2D eigenvalue weighted by Gasteiger charge is -2.31. The highest BCUT2D eigenvalue weighted by Crippen LogP contribution is 2.28. The lowest BCUT2D eigenvalue weighted by Crippen LogP contribution is -2.29. The molecule has 1 heterocycles. The zero-order valence-corrected chi connectivity index (χ0v) is 13.6. The van der Waals surface area contributed by atoms with Crippen LogP contribution in [0.25, 0.3) is 0 Å². The number of hydrogen-bond donors (Lipinski definition) is 0. The molecule has 2 rings (SSSR count). The highest BCUT2D eigenvalue weighted by atomic mass is 19.3. The van der Waals surface area contributed by atoms with Gasteiger partial charge in [0.1, 0.15) is 0 Å². The number of benzene rings is 1. The number of ether oxygens (including phenoxy) is 1. The van der Waals surface area contributed by atoms with Gasteiger partial charge in [-0.25, -0.2) is 13.6 Å². The Morgan fingerprint density at radius 2 is 2.00 bits per heavy atom. The van der Waals surface area contributed by atoms with Gasteiger partial charge in [-0.1, -0.05) is 29.8 Å². The maximum atomic E-state index is 13.1. The first-order valence-corrected chi connectivity index (χ1v) is 7.60. The van der Waals surface area contributed by atoms with Gasteiger partial charge < -0.3 is 9.64 Å². The molecule has 23 heavy (non-hydrogen) atoms. The van der Waals surface area contributed by atoms with Crippen LogP contribution >= 0.6 is 0 Å². The van der Waals surface area contributed by atoms with Gasteiger partial charge >= 0.3 is 5.97 Å². The Balaban J connectivity index is 2.30. The molecule has 0 N–H and O–H groups in total. The standard InChI is InChI=1S/C18H21F2NO2/c1-4-23-18(22)16-9-12(2)10-21(13(16)3)11-14-7-5-6-8-15(14)17(19)20/h5-9,17H,4,10-11H2,1-3H3. The quantitative estimate of drug-likeness (QED) is 0.760. The summed E-state index contributed by atoms with van der Waals surface area (Å²) in [6.45, 7) is 6.73. The van der Waals surface area contributed by atoms with Crippen LogP contribution in [0, 0.1) is 0 Å². The molecule has 0 aliphatic carbocycles. The third kappa shape index (κ3) is 3.97. The summed E-state index contributed by atoms with van der Waals surface area (Å²) in [5, 5.41) is 0. The minimum absolute atomic E-state index is 0.0326. The lowest BCUT2D eigenvalue weighted by atomic mass is 10.0. The number of hydrogen-bond acceptors (Lipinski definition) is 3. The topological polar surface area (TPSA) is 29.5 Å². The Labute approximate surface area is 135 Å². The van der Waals surface area contributed by atoms with E-state index in [0.717, 1.165) is 11.3 Å². The molecule has 1 aliphatic rings. The minimum atomic E-state index is -2.51. The largest absolute Gasteiger partial charge is 0.462 e. The van der Waals surface area contributed by atoms with Crippen molar-refractivity contribution in [2.45, 2.75) is 33.7 Å². The van der Waals surface area contributed by atoms with Gasteiger partial charge in [-0.15, -0.1) is 0 Å². The van der Waals surface area contributed by atoms with Crippen LogP contribution in [0.5, 0.6) is 0 Å². The molecule has 124 valence electrons. The molecule has 0 radical (unpaired) electrons. The van der Waals surface area contributed by atoms with Gasteiger partial charge in [-0.2, -0.15) is 0 Å². The molecule has 0 unspecified atom stereocenters. The summed E-state index contributed by atoms with van der Waals surface area (Å²) < 4.78 is 31.4. The first kappa shape index (κ1) is 17.2. The van der Waals surface area contributed by atoms with Crippen LogP contribution in [0.15, 0.2) is 47.2 Å². The van der Waals surface area contributed by atoms with E-state index in [1.54, 1.807) is 25.1 Å². The Kier molecular flexibility index (Phi) is 5.53. The molecule has 0 bridgehead atoms. The van der Waals surface area contributed by atoms with Gasteiger partial charge in [0.05, 0.1) is 12.2 Å². The summed E-state index contributed by atoms with van der Waals surface area (Å²) in [5.41, 5.74) is 2.83. The highest BCUT2D eigenvalue weighted by molar-refractivity contribution is 5.92. The van der Waals surface area contributed by atoms with E-state index in [2.05, 4.69) is 0 Å². The van der Waals surface area contributed by atoms with Crippen molar-refractivity contribution >= 4 is 5.97 Å². The van der Waals surface area contributed by atoms with Crippen LogP contribution in [0.4, 0.5) is 8.78 Å². The van der Waals surface area contributed by atoms with E-state index < -0.39 is 6.43 Å². The van der Waals surface area contributed by atoms with Crippen molar-refractivity contribution in [2.24, 2.45) is 0 Å². The van der Waals surface area contributed by atoms with Crippen LogP contribution in [-0.4, -0.2) is 24.0 Å². The second-order valence-electron chi connectivity index (χ2n) is 5.57. The molecular weight excluding hydrogens is 300 g/mol. The molecule has 0 amide bonds. The first-order chi connectivity index (χ1) is 10.9. The van der Waals surface area contributed by atoms with Gasteiger partial charge in [-0.3, -0.25) is 0 Å². The van der Waals surface area contributed by atoms with Crippen molar-refractivity contribution in [2.75, 3.05) is 13.2 Å². The summed E-state index contributed by atoms with van der Waals surface area (Å²) in [5.74, 6) is -0.379. The second-order valence-corrected chi connectivity index (χ2v) is 5.57. The van der Waals surface area contributed by atoms with Crippen LogP contribution in [0.1, 0.15) is 38.3 Å². The normalized spacial score (nSPS) is 15.0. The molecule has 1 aliphatic heterocycles. The SMILES string of the molecule is CCOC(=O)C1=C(C)N(Cc2ccccc2C(F)F)CC(C)=C1. The number of carbonyl (C=O) groups excluding carboxylic acids is 1. The predicted molar refractivity (Wildman–Crippen MR) is 84.9 cm³/mol. The molecule has 0 spiro atoms. The number of nitrogens with zero attached hydrogens (tertiary/aromatic N) is 1. The highest BCUT2D eigenvalue weighted by Gasteiger charge is 2.23. The Morgan fingerprint density at radius 3 is 2.65 bits per heavy atom. The van der Waals surface area contributed by atoms with Crippen LogP contribution < -0.4 is 0 Å². The Hall–Kier alpha value is -2.17. The number of rotatable bonds is 5. The Morgan fingerprint density at radius 1 is 1.30 bits per heavy atom. The van der Waals surface area contributed by atoms with Crippen molar-refractivity contribution < 1.29 is 18.3 Å². The van der Waals surface area contributed by atoms with Gasteiger partial charge in [0.25, 0.3) is 6.43 Å². The van der Waals surface area contributed by atoms with E-state index in [0.29, 0.717) is 30.8 Å². The molecule has 3 nitrogen and oxygen atoms in total. The van der Waals surface area contributed by atoms with Crippen LogP contribution in [0.2, 0.25) is 0 Å². The van der Waals surface area contributed by atoms with E-state index in [1.165, 1.54) is 6.07 Å². The van der Waals surface area contributed by atoms with Crippen molar-refractivity contribution in [3.63, 3.8) is 0 Å². The van der Waals surface area contributed by atoms with E-state index in [9.17, 15) is 13.6 Å². The van der Waals surface area contributed by atoms with E-state index in [4.69, 9.17) is 4.74 Å². The molecule has 0 atom stereocenters. The zero-order valence-electron chi connectivity index (χ0n) is 13.6. The minimum Gasteiger partial charge on any atom is -0.462 e. The molecular formula is C18H21F2NO2. The maximum Gasteiger partial charge on any atom is 0.339 e. The summed E-state index contributed by atoms with van der Waals surface area (Å²) in [7, 11) is 0. The zero-order chi connectivity index (χ0) is 17.0. The summed E-state index contributed by atoms with van der Waals surface area (Å²) in [6, 6.07) is 6.50. The van der Waals surface area contributed by atoms with Gasteiger partial charge in [0, 0.05) is 24.4 Å². The smallest absolute Gasteiger partial charge is 0.339 e. The third-order valence-electron chi connectivity index (χ3n) is 3.84. The summed E-state index contributed by atoms with van der Waals surface area (Å²) >= 11 is 0. The molecule has 0 fully saturated rings. The van der Waals surface area contributed by atoms with E-state index >= 15 is 0 Å². The molecule has 0 saturated heterocycles. The first-order valence-electron chi connectivity index (χ1n) is 7.60. The number of carbonyl (C=O) groups is 1. The monoisotopic (exact) mass is 321 g/mol. The number of esters is 1. The fourth-order valence-corrected chi connectivity index (χ4v) is 2.67. The van der Waals surface area contributed by atoms with E-state index in [1.807, 2.05) is 24.8 Å². The number of allylic oxidation sites excluding steroid dienone is 1. The third-order valence-corrected chi connectivity index (χ3v) is 3.84. The van der Waals surface area contributed by atoms with Crippen LogP contribution in [0.3, 0.4) is 0 Å². The van der Waals surface area contributed by atoms with Crippen LogP contribution in [-0.2, 0) is 16.1 Å². The Bertz CT molecular complexity index is 650. The average molecular weight is 321 g/mol. The molecule has 1 aromatic carbocycles. The number of alkyl halides is 2. The predicted octanol–water partition coefficient (Wildman–Crippen LogP) is 4.22. The number of halogens is 2. The van der Waals surface area contributed by atoms with Crippen molar-refractivity contribution in [3.05, 3.63) is 58.3 Å². The maximum absolute atomic E-state index is 13.1. The lowest BCUT2D eigenvalue weighted by molar-refractivity contribution is -0.138. The molecule has 0 saturated carbocycles. The van der Waals surface area contributed by atoms with E-state index in [-0.39, 0.29) is 11.5 Å². The fourth-order valence-electron chi connectivity index (χ4n) is 2.67.